The molecular weight excluding hydrogens is 543 g/mol. The van der Waals surface area contributed by atoms with Crippen molar-refractivity contribution in [2.75, 3.05) is 19.6 Å². The third kappa shape index (κ3) is 9.50. The molecule has 2 N–H and O–H groups in total. The number of aromatic nitrogens is 1. The molecule has 1 aromatic heterocycles. The Kier molecular flexibility index (Phi) is 10.4. The van der Waals surface area contributed by atoms with Crippen molar-refractivity contribution >= 4 is 17.8 Å². The average Bonchev–Trinajstić information content (AvgIpc) is 3.38. The maximum Gasteiger partial charge on any atom is 0.490 e. The monoisotopic (exact) mass is 567 g/mol. The molecule has 0 saturated carbocycles. The number of halogens is 7. The van der Waals surface area contributed by atoms with Crippen molar-refractivity contribution in [1.82, 2.24) is 14.8 Å². The molecule has 1 spiro atoms. The number of carboxylic acids is 2. The third-order valence-corrected chi connectivity index (χ3v) is 5.94. The van der Waals surface area contributed by atoms with Crippen LogP contribution in [0.2, 0.25) is 0 Å². The number of benzene rings is 1. The highest BCUT2D eigenvalue weighted by atomic mass is 19.4. The van der Waals surface area contributed by atoms with Gasteiger partial charge in [-0.2, -0.15) is 26.3 Å². The number of hydrogen-bond donors (Lipinski definition) is 2. The molecule has 3 heterocycles. The van der Waals surface area contributed by atoms with Gasteiger partial charge < -0.3 is 15.1 Å². The van der Waals surface area contributed by atoms with Crippen LogP contribution in [0.5, 0.6) is 0 Å². The van der Waals surface area contributed by atoms with Gasteiger partial charge in [-0.15, -0.1) is 0 Å². The molecule has 1 aromatic carbocycles. The minimum absolute atomic E-state index is 0.231. The second-order valence-electron chi connectivity index (χ2n) is 8.81. The van der Waals surface area contributed by atoms with Crippen LogP contribution in [-0.2, 0) is 27.5 Å². The molecule has 4 rings (SSSR count). The summed E-state index contributed by atoms with van der Waals surface area (Å²) in [7, 11) is 0. The number of carbonyl (C=O) groups excluding carboxylic acids is 1. The van der Waals surface area contributed by atoms with Gasteiger partial charge in [-0.1, -0.05) is 12.1 Å². The Bertz CT molecular complexity index is 1120. The summed E-state index contributed by atoms with van der Waals surface area (Å²) >= 11 is 0. The van der Waals surface area contributed by atoms with Crippen LogP contribution in [0, 0.1) is 11.2 Å². The van der Waals surface area contributed by atoms with Crippen molar-refractivity contribution < 1.29 is 55.3 Å². The van der Waals surface area contributed by atoms with Crippen LogP contribution in [-0.4, -0.2) is 74.8 Å². The maximum atomic E-state index is 13.4. The number of hydrogen-bond acceptors (Lipinski definition) is 5. The number of alkyl halides is 6. The predicted octanol–water partition coefficient (Wildman–Crippen LogP) is 4.11. The molecule has 2 aliphatic heterocycles. The van der Waals surface area contributed by atoms with Gasteiger partial charge in [0.15, 0.2) is 0 Å². The Labute approximate surface area is 217 Å². The molecule has 2 fully saturated rings. The SMILES string of the molecule is O=C(O)C(F)(F)F.O=C(O)C(F)(F)F.O=C1N(Cc2cccc(F)c2)CCC12CCN(Cc1ccncc1)C2. The van der Waals surface area contributed by atoms with Gasteiger partial charge in [0, 0.05) is 38.6 Å². The van der Waals surface area contributed by atoms with Gasteiger partial charge in [0.2, 0.25) is 5.91 Å². The van der Waals surface area contributed by atoms with Crippen LogP contribution in [0.4, 0.5) is 30.7 Å². The molecule has 2 saturated heterocycles. The maximum absolute atomic E-state index is 13.4. The van der Waals surface area contributed by atoms with Gasteiger partial charge in [-0.25, -0.2) is 14.0 Å². The highest BCUT2D eigenvalue weighted by Crippen LogP contribution is 2.41. The predicted molar refractivity (Wildman–Crippen MR) is 120 cm³/mol. The lowest BCUT2D eigenvalue weighted by Crippen LogP contribution is -2.36. The summed E-state index contributed by atoms with van der Waals surface area (Å²) in [6.45, 7) is 3.89. The summed E-state index contributed by atoms with van der Waals surface area (Å²) in [6, 6.07) is 10.6. The zero-order valence-electron chi connectivity index (χ0n) is 20.2. The standard InChI is InChI=1S/C20H22FN3O.2C2HF3O2/c21-18-3-1-2-17(12-18)14-24-11-7-20(19(24)25)6-10-23(15-20)13-16-4-8-22-9-5-16;2*3-2(4,5)1(6)7/h1-5,8-9,12H,6-7,10-11,13-15H2;2*(H,6,7). The van der Waals surface area contributed by atoms with E-state index in [1.807, 2.05) is 35.5 Å². The lowest BCUT2D eigenvalue weighted by Gasteiger charge is -2.24. The molecule has 1 amide bonds. The summed E-state index contributed by atoms with van der Waals surface area (Å²) in [5, 5.41) is 14.2. The van der Waals surface area contributed by atoms with Gasteiger partial charge >= 0.3 is 24.3 Å². The third-order valence-electron chi connectivity index (χ3n) is 5.94. The van der Waals surface area contributed by atoms with Crippen molar-refractivity contribution in [2.24, 2.45) is 5.41 Å². The van der Waals surface area contributed by atoms with E-state index in [0.29, 0.717) is 6.54 Å². The molecule has 8 nitrogen and oxygen atoms in total. The molecule has 2 aromatic rings. The van der Waals surface area contributed by atoms with Crippen LogP contribution in [0.25, 0.3) is 0 Å². The van der Waals surface area contributed by atoms with Crippen molar-refractivity contribution in [3.05, 3.63) is 65.7 Å². The summed E-state index contributed by atoms with van der Waals surface area (Å²) in [5.41, 5.74) is 1.84. The number of rotatable bonds is 4. The zero-order chi connectivity index (χ0) is 29.4. The van der Waals surface area contributed by atoms with E-state index in [1.165, 1.54) is 17.7 Å². The first-order chi connectivity index (χ1) is 18.0. The number of likely N-dealkylation sites (tertiary alicyclic amines) is 2. The molecule has 0 bridgehead atoms. The molecule has 1 atom stereocenters. The highest BCUT2D eigenvalue weighted by molar-refractivity contribution is 5.85. The van der Waals surface area contributed by atoms with Crippen LogP contribution < -0.4 is 0 Å². The zero-order valence-corrected chi connectivity index (χ0v) is 20.2. The summed E-state index contributed by atoms with van der Waals surface area (Å²) in [5.74, 6) is -5.53. The lowest BCUT2D eigenvalue weighted by atomic mass is 9.85. The van der Waals surface area contributed by atoms with Crippen molar-refractivity contribution in [2.45, 2.75) is 38.3 Å². The molecular formula is C24H24F7N3O5. The molecule has 2 aliphatic rings. The number of nitrogens with zero attached hydrogens (tertiary/aromatic N) is 3. The Morgan fingerprint density at radius 2 is 1.41 bits per heavy atom. The first-order valence-corrected chi connectivity index (χ1v) is 11.3. The fourth-order valence-electron chi connectivity index (χ4n) is 4.12. The largest absolute Gasteiger partial charge is 0.490 e. The van der Waals surface area contributed by atoms with Gasteiger partial charge in [-0.05, 0) is 54.8 Å². The van der Waals surface area contributed by atoms with Crippen molar-refractivity contribution in [3.8, 4) is 0 Å². The summed E-state index contributed by atoms with van der Waals surface area (Å²) in [6.07, 6.45) is -4.74. The van der Waals surface area contributed by atoms with Gasteiger partial charge in [0.25, 0.3) is 0 Å². The first kappa shape index (κ1) is 31.5. The number of pyridine rings is 1. The van der Waals surface area contributed by atoms with Gasteiger partial charge in [-0.3, -0.25) is 14.7 Å². The van der Waals surface area contributed by atoms with Crippen LogP contribution in [0.15, 0.2) is 48.8 Å². The minimum Gasteiger partial charge on any atom is -0.475 e. The second-order valence-corrected chi connectivity index (χ2v) is 8.81. The van der Waals surface area contributed by atoms with E-state index >= 15 is 0 Å². The van der Waals surface area contributed by atoms with Crippen LogP contribution >= 0.6 is 0 Å². The van der Waals surface area contributed by atoms with Gasteiger partial charge in [0.1, 0.15) is 5.82 Å². The van der Waals surface area contributed by atoms with Crippen LogP contribution in [0.1, 0.15) is 24.0 Å². The molecule has 39 heavy (non-hydrogen) atoms. The van der Waals surface area contributed by atoms with Crippen molar-refractivity contribution in [1.29, 1.82) is 0 Å². The highest BCUT2D eigenvalue weighted by Gasteiger charge is 2.50. The molecule has 0 radical (unpaired) electrons. The smallest absolute Gasteiger partial charge is 0.475 e. The van der Waals surface area contributed by atoms with Crippen molar-refractivity contribution in [3.63, 3.8) is 0 Å². The van der Waals surface area contributed by atoms with E-state index in [-0.39, 0.29) is 17.1 Å². The van der Waals surface area contributed by atoms with E-state index in [9.17, 15) is 35.5 Å². The number of carboxylic acid groups (broad SMARTS) is 2. The lowest BCUT2D eigenvalue weighted by molar-refractivity contribution is -0.193. The fraction of sp³-hybridized carbons (Fsp3) is 0.417. The number of aliphatic carboxylic acids is 2. The Morgan fingerprint density at radius 1 is 0.872 bits per heavy atom. The molecule has 15 heteroatoms. The Hall–Kier alpha value is -3.75. The van der Waals surface area contributed by atoms with E-state index < -0.39 is 24.3 Å². The van der Waals surface area contributed by atoms with E-state index in [4.69, 9.17) is 19.8 Å². The van der Waals surface area contributed by atoms with E-state index in [0.717, 1.165) is 44.6 Å². The average molecular weight is 567 g/mol. The Morgan fingerprint density at radius 3 is 1.92 bits per heavy atom. The van der Waals surface area contributed by atoms with E-state index in [2.05, 4.69) is 9.88 Å². The van der Waals surface area contributed by atoms with E-state index in [1.54, 1.807) is 6.07 Å². The molecule has 0 aliphatic carbocycles. The minimum atomic E-state index is -5.08. The molecule has 1 unspecified atom stereocenters. The quantitative estimate of drug-likeness (QED) is 0.535. The second kappa shape index (κ2) is 12.9. The summed E-state index contributed by atoms with van der Waals surface area (Å²) < 4.78 is 76.8. The van der Waals surface area contributed by atoms with Crippen LogP contribution in [0.3, 0.4) is 0 Å². The topological polar surface area (TPSA) is 111 Å². The fourth-order valence-corrected chi connectivity index (χ4v) is 4.12. The Balaban J connectivity index is 0.000000317. The first-order valence-electron chi connectivity index (χ1n) is 11.3. The molecule has 214 valence electrons. The normalized spacial score (nSPS) is 19.3. The number of amides is 1. The summed E-state index contributed by atoms with van der Waals surface area (Å²) in [4.78, 5) is 39.1. The van der Waals surface area contributed by atoms with Gasteiger partial charge in [0.05, 0.1) is 5.41 Å². The number of carbonyl (C=O) groups is 3.